The molecule has 3 rings (SSSR count). The van der Waals surface area contributed by atoms with E-state index in [4.69, 9.17) is 5.73 Å². The van der Waals surface area contributed by atoms with Gasteiger partial charge in [-0.2, -0.15) is 0 Å². The molecule has 2 N–H and O–H groups in total. The van der Waals surface area contributed by atoms with E-state index >= 15 is 0 Å². The lowest BCUT2D eigenvalue weighted by molar-refractivity contribution is 0.181. The summed E-state index contributed by atoms with van der Waals surface area (Å²) in [5.74, 6) is 1.29. The first kappa shape index (κ1) is 14.1. The molecule has 2 aromatic rings. The summed E-state index contributed by atoms with van der Waals surface area (Å²) in [5.41, 5.74) is 7.86. The van der Waals surface area contributed by atoms with Crippen LogP contribution in [0.3, 0.4) is 0 Å². The van der Waals surface area contributed by atoms with Gasteiger partial charge >= 0.3 is 0 Å². The SMILES string of the molecule is CCN1CCC(Cn2cncc2-c2ccc(N)nc2)CC1. The summed E-state index contributed by atoms with van der Waals surface area (Å²) in [7, 11) is 0. The van der Waals surface area contributed by atoms with E-state index in [9.17, 15) is 0 Å². The molecule has 1 fully saturated rings. The highest BCUT2D eigenvalue weighted by atomic mass is 15.1. The molecular formula is C16H23N5. The van der Waals surface area contributed by atoms with Crippen LogP contribution in [0.15, 0.2) is 30.9 Å². The van der Waals surface area contributed by atoms with Crippen molar-refractivity contribution in [2.75, 3.05) is 25.4 Å². The summed E-state index contributed by atoms with van der Waals surface area (Å²) in [4.78, 5) is 11.0. The first-order chi connectivity index (χ1) is 10.3. The molecule has 0 aromatic carbocycles. The standard InChI is InChI=1S/C16H23N5/c1-2-20-7-5-13(6-8-20)11-21-12-18-10-15(21)14-3-4-16(17)19-9-14/h3-4,9-10,12-13H,2,5-8,11H2,1H3,(H2,17,19). The van der Waals surface area contributed by atoms with Crippen LogP contribution in [0.2, 0.25) is 0 Å². The van der Waals surface area contributed by atoms with Crippen LogP contribution in [0, 0.1) is 5.92 Å². The average molecular weight is 285 g/mol. The Balaban J connectivity index is 1.70. The predicted molar refractivity (Wildman–Crippen MR) is 84.7 cm³/mol. The van der Waals surface area contributed by atoms with Crippen molar-refractivity contribution in [2.45, 2.75) is 26.3 Å². The number of hydrogen-bond donors (Lipinski definition) is 1. The molecule has 21 heavy (non-hydrogen) atoms. The van der Waals surface area contributed by atoms with Gasteiger partial charge < -0.3 is 15.2 Å². The molecule has 0 saturated carbocycles. The molecule has 0 radical (unpaired) electrons. The number of anilines is 1. The third-order valence-electron chi connectivity index (χ3n) is 4.40. The minimum Gasteiger partial charge on any atom is -0.384 e. The molecule has 0 unspecified atom stereocenters. The molecule has 5 nitrogen and oxygen atoms in total. The molecule has 0 atom stereocenters. The Morgan fingerprint density at radius 2 is 2.05 bits per heavy atom. The first-order valence-corrected chi connectivity index (χ1v) is 7.70. The van der Waals surface area contributed by atoms with E-state index in [1.54, 1.807) is 0 Å². The summed E-state index contributed by atoms with van der Waals surface area (Å²) < 4.78 is 2.25. The Hall–Kier alpha value is -1.88. The molecule has 1 saturated heterocycles. The molecule has 2 aromatic heterocycles. The zero-order valence-corrected chi connectivity index (χ0v) is 12.6. The highest BCUT2D eigenvalue weighted by Crippen LogP contribution is 2.23. The van der Waals surface area contributed by atoms with Gasteiger partial charge in [0.2, 0.25) is 0 Å². The summed E-state index contributed by atoms with van der Waals surface area (Å²) >= 11 is 0. The highest BCUT2D eigenvalue weighted by Gasteiger charge is 2.19. The van der Waals surface area contributed by atoms with Crippen molar-refractivity contribution in [1.29, 1.82) is 0 Å². The first-order valence-electron chi connectivity index (χ1n) is 7.70. The van der Waals surface area contributed by atoms with Gasteiger partial charge in [-0.15, -0.1) is 0 Å². The Morgan fingerprint density at radius 3 is 2.71 bits per heavy atom. The summed E-state index contributed by atoms with van der Waals surface area (Å²) in [5, 5.41) is 0. The van der Waals surface area contributed by atoms with Crippen molar-refractivity contribution in [2.24, 2.45) is 5.92 Å². The van der Waals surface area contributed by atoms with Crippen LogP contribution in [0.25, 0.3) is 11.3 Å². The second-order valence-electron chi connectivity index (χ2n) is 5.78. The number of nitrogens with two attached hydrogens (primary N) is 1. The van der Waals surface area contributed by atoms with E-state index in [1.807, 2.05) is 30.9 Å². The molecular weight excluding hydrogens is 262 g/mol. The number of hydrogen-bond acceptors (Lipinski definition) is 4. The maximum Gasteiger partial charge on any atom is 0.123 e. The van der Waals surface area contributed by atoms with E-state index in [0.29, 0.717) is 5.82 Å². The van der Waals surface area contributed by atoms with Crippen LogP contribution in [-0.2, 0) is 6.54 Å². The number of likely N-dealkylation sites (tertiary alicyclic amines) is 1. The fourth-order valence-electron chi connectivity index (χ4n) is 3.03. The van der Waals surface area contributed by atoms with Gasteiger partial charge in [-0.25, -0.2) is 9.97 Å². The average Bonchev–Trinajstić information content (AvgIpc) is 2.97. The van der Waals surface area contributed by atoms with Gasteiger partial charge in [-0.3, -0.25) is 0 Å². The lowest BCUT2D eigenvalue weighted by Gasteiger charge is -2.31. The molecule has 0 spiro atoms. The van der Waals surface area contributed by atoms with Crippen molar-refractivity contribution >= 4 is 5.82 Å². The van der Waals surface area contributed by atoms with Gasteiger partial charge in [-0.05, 0) is 50.5 Å². The zero-order chi connectivity index (χ0) is 14.7. The van der Waals surface area contributed by atoms with Crippen molar-refractivity contribution in [3.63, 3.8) is 0 Å². The maximum atomic E-state index is 5.66. The Morgan fingerprint density at radius 1 is 1.24 bits per heavy atom. The second kappa shape index (κ2) is 6.26. The number of nitrogens with zero attached hydrogens (tertiary/aromatic N) is 4. The van der Waals surface area contributed by atoms with Crippen LogP contribution in [-0.4, -0.2) is 39.1 Å². The maximum absolute atomic E-state index is 5.66. The van der Waals surface area contributed by atoms with Crippen LogP contribution >= 0.6 is 0 Å². The molecule has 5 heteroatoms. The van der Waals surface area contributed by atoms with Gasteiger partial charge in [-0.1, -0.05) is 6.92 Å². The summed E-state index contributed by atoms with van der Waals surface area (Å²) in [6.07, 6.45) is 8.20. The van der Waals surface area contributed by atoms with E-state index in [2.05, 4.69) is 26.4 Å². The molecule has 1 aliphatic heterocycles. The van der Waals surface area contributed by atoms with Crippen LogP contribution in [0.1, 0.15) is 19.8 Å². The molecule has 3 heterocycles. The minimum atomic E-state index is 0.553. The number of rotatable bonds is 4. The fraction of sp³-hybridized carbons (Fsp3) is 0.500. The van der Waals surface area contributed by atoms with Crippen molar-refractivity contribution in [1.82, 2.24) is 19.4 Å². The zero-order valence-electron chi connectivity index (χ0n) is 12.6. The Labute approximate surface area is 125 Å². The molecule has 1 aliphatic rings. The van der Waals surface area contributed by atoms with Crippen LogP contribution < -0.4 is 5.73 Å². The smallest absolute Gasteiger partial charge is 0.123 e. The van der Waals surface area contributed by atoms with E-state index in [0.717, 1.165) is 23.7 Å². The molecule has 0 bridgehead atoms. The number of pyridine rings is 1. The van der Waals surface area contributed by atoms with Gasteiger partial charge in [0.15, 0.2) is 0 Å². The minimum absolute atomic E-state index is 0.553. The lowest BCUT2D eigenvalue weighted by atomic mass is 9.96. The molecule has 0 aliphatic carbocycles. The quantitative estimate of drug-likeness (QED) is 0.936. The van der Waals surface area contributed by atoms with E-state index in [1.165, 1.54) is 32.5 Å². The molecule has 112 valence electrons. The number of piperidine rings is 1. The van der Waals surface area contributed by atoms with E-state index in [-0.39, 0.29) is 0 Å². The number of nitrogen functional groups attached to an aromatic ring is 1. The van der Waals surface area contributed by atoms with E-state index < -0.39 is 0 Å². The Kier molecular flexibility index (Phi) is 4.20. The van der Waals surface area contributed by atoms with Gasteiger partial charge in [0, 0.05) is 18.3 Å². The third-order valence-corrected chi connectivity index (χ3v) is 4.40. The van der Waals surface area contributed by atoms with Gasteiger partial charge in [0.05, 0.1) is 18.2 Å². The van der Waals surface area contributed by atoms with Gasteiger partial charge in [0.25, 0.3) is 0 Å². The fourth-order valence-corrected chi connectivity index (χ4v) is 3.03. The van der Waals surface area contributed by atoms with Crippen molar-refractivity contribution in [3.05, 3.63) is 30.9 Å². The lowest BCUT2D eigenvalue weighted by Crippen LogP contribution is -2.34. The predicted octanol–water partition coefficient (Wildman–Crippen LogP) is 2.26. The van der Waals surface area contributed by atoms with Crippen LogP contribution in [0.4, 0.5) is 5.82 Å². The normalized spacial score (nSPS) is 17.2. The highest BCUT2D eigenvalue weighted by molar-refractivity contribution is 5.59. The van der Waals surface area contributed by atoms with Gasteiger partial charge in [0.1, 0.15) is 5.82 Å². The van der Waals surface area contributed by atoms with Crippen molar-refractivity contribution in [3.8, 4) is 11.3 Å². The third kappa shape index (κ3) is 3.24. The summed E-state index contributed by atoms with van der Waals surface area (Å²) in [6.45, 7) is 6.88. The topological polar surface area (TPSA) is 60.0 Å². The Bertz CT molecular complexity index is 567. The van der Waals surface area contributed by atoms with Crippen LogP contribution in [0.5, 0.6) is 0 Å². The largest absolute Gasteiger partial charge is 0.384 e. The van der Waals surface area contributed by atoms with Crippen molar-refractivity contribution < 1.29 is 0 Å². The second-order valence-corrected chi connectivity index (χ2v) is 5.78. The summed E-state index contributed by atoms with van der Waals surface area (Å²) in [6, 6.07) is 3.85. The number of imidazole rings is 1. The number of aromatic nitrogens is 3. The monoisotopic (exact) mass is 285 g/mol. The molecule has 0 amide bonds.